The summed E-state index contributed by atoms with van der Waals surface area (Å²) < 4.78 is 18.7. The largest absolute Gasteiger partial charge is 0.439 e. The highest BCUT2D eigenvalue weighted by Gasteiger charge is 2.06. The number of rotatable bonds is 3. The molecule has 2 rings (SSSR count). The predicted molar refractivity (Wildman–Crippen MR) is 68.1 cm³/mol. The Kier molecular flexibility index (Phi) is 3.58. The highest BCUT2D eigenvalue weighted by atomic mass is 19.1. The van der Waals surface area contributed by atoms with E-state index in [1.165, 1.54) is 12.1 Å². The molecular weight excluding hydrogens is 231 g/mol. The highest BCUT2D eigenvalue weighted by Crippen LogP contribution is 2.25. The molecule has 0 atom stereocenters. The fraction of sp³-hybridized carbons (Fsp3) is 0.214. The molecule has 0 saturated heterocycles. The number of ether oxygens (including phenoxy) is 1. The van der Waals surface area contributed by atoms with Crippen molar-refractivity contribution in [2.45, 2.75) is 20.4 Å². The van der Waals surface area contributed by atoms with Gasteiger partial charge in [0.05, 0.1) is 0 Å². The summed E-state index contributed by atoms with van der Waals surface area (Å²) in [5.74, 6) is 0.590. The van der Waals surface area contributed by atoms with Crippen molar-refractivity contribution in [1.82, 2.24) is 4.98 Å². The Labute approximate surface area is 105 Å². The van der Waals surface area contributed by atoms with Crippen molar-refractivity contribution >= 4 is 0 Å². The first-order valence-electron chi connectivity index (χ1n) is 5.70. The zero-order chi connectivity index (χ0) is 13.1. The molecule has 0 aliphatic heterocycles. The van der Waals surface area contributed by atoms with Crippen LogP contribution in [0.3, 0.4) is 0 Å². The molecule has 18 heavy (non-hydrogen) atoms. The second-order valence-corrected chi connectivity index (χ2v) is 4.11. The first-order valence-corrected chi connectivity index (χ1v) is 5.70. The van der Waals surface area contributed by atoms with E-state index in [2.05, 4.69) is 4.98 Å². The summed E-state index contributed by atoms with van der Waals surface area (Å²) in [6.07, 6.45) is 0. The van der Waals surface area contributed by atoms with E-state index in [0.717, 1.165) is 16.8 Å². The minimum absolute atomic E-state index is 0.328. The second kappa shape index (κ2) is 5.14. The average Bonchev–Trinajstić information content (AvgIpc) is 2.34. The molecular formula is C14H15FN2O. The van der Waals surface area contributed by atoms with Crippen LogP contribution in [-0.2, 0) is 6.54 Å². The third-order valence-electron chi connectivity index (χ3n) is 2.75. The molecule has 0 radical (unpaired) electrons. The minimum atomic E-state index is -0.328. The van der Waals surface area contributed by atoms with Crippen molar-refractivity contribution < 1.29 is 9.13 Å². The molecule has 1 aromatic heterocycles. The summed E-state index contributed by atoms with van der Waals surface area (Å²) in [6.45, 7) is 4.17. The third kappa shape index (κ3) is 2.65. The first-order chi connectivity index (χ1) is 8.60. The third-order valence-corrected chi connectivity index (χ3v) is 2.75. The van der Waals surface area contributed by atoms with Crippen molar-refractivity contribution in [2.24, 2.45) is 5.73 Å². The molecule has 0 aliphatic carbocycles. The fourth-order valence-corrected chi connectivity index (χ4v) is 1.64. The summed E-state index contributed by atoms with van der Waals surface area (Å²) in [4.78, 5) is 4.29. The molecule has 0 saturated carbocycles. The first kappa shape index (κ1) is 12.5. The Morgan fingerprint density at radius 3 is 2.67 bits per heavy atom. The summed E-state index contributed by atoms with van der Waals surface area (Å²) in [5, 5.41) is 0. The van der Waals surface area contributed by atoms with E-state index in [-0.39, 0.29) is 5.82 Å². The van der Waals surface area contributed by atoms with Crippen LogP contribution < -0.4 is 10.5 Å². The zero-order valence-electron chi connectivity index (χ0n) is 10.4. The van der Waals surface area contributed by atoms with Gasteiger partial charge in [-0.1, -0.05) is 12.1 Å². The van der Waals surface area contributed by atoms with Crippen molar-refractivity contribution in [3.8, 4) is 11.6 Å². The van der Waals surface area contributed by atoms with Crippen LogP contribution in [0.15, 0.2) is 30.3 Å². The molecule has 2 N–H and O–H groups in total. The van der Waals surface area contributed by atoms with Gasteiger partial charge in [-0.2, -0.15) is 0 Å². The maximum atomic E-state index is 13.1. The van der Waals surface area contributed by atoms with E-state index in [4.69, 9.17) is 10.5 Å². The number of halogens is 1. The van der Waals surface area contributed by atoms with Gasteiger partial charge in [0.25, 0.3) is 0 Å². The Bertz CT molecular complexity index is 570. The quantitative estimate of drug-likeness (QED) is 0.905. The number of aryl methyl sites for hydroxylation is 2. The van der Waals surface area contributed by atoms with E-state index in [9.17, 15) is 4.39 Å². The van der Waals surface area contributed by atoms with Crippen LogP contribution in [0.25, 0.3) is 0 Å². The average molecular weight is 246 g/mol. The van der Waals surface area contributed by atoms with Gasteiger partial charge in [0.15, 0.2) is 0 Å². The molecule has 0 bridgehead atoms. The van der Waals surface area contributed by atoms with Gasteiger partial charge in [-0.05, 0) is 31.0 Å². The van der Waals surface area contributed by atoms with Crippen molar-refractivity contribution in [2.75, 3.05) is 0 Å². The molecule has 1 aromatic carbocycles. The number of nitrogens with zero attached hydrogens (tertiary/aromatic N) is 1. The van der Waals surface area contributed by atoms with E-state index in [1.807, 2.05) is 19.9 Å². The Balaban J connectivity index is 2.28. The van der Waals surface area contributed by atoms with Gasteiger partial charge in [0, 0.05) is 24.4 Å². The zero-order valence-corrected chi connectivity index (χ0v) is 10.4. The Morgan fingerprint density at radius 2 is 2.00 bits per heavy atom. The molecule has 2 aromatic rings. The smallest absolute Gasteiger partial charge is 0.219 e. The van der Waals surface area contributed by atoms with Gasteiger partial charge in [0.2, 0.25) is 5.88 Å². The molecule has 0 unspecified atom stereocenters. The molecule has 0 amide bonds. The molecule has 0 aliphatic rings. The van der Waals surface area contributed by atoms with Crippen LogP contribution in [0.5, 0.6) is 11.6 Å². The number of pyridine rings is 1. The molecule has 3 nitrogen and oxygen atoms in total. The van der Waals surface area contributed by atoms with Gasteiger partial charge in [-0.25, -0.2) is 9.37 Å². The Morgan fingerprint density at radius 1 is 1.22 bits per heavy atom. The van der Waals surface area contributed by atoms with E-state index < -0.39 is 0 Å². The van der Waals surface area contributed by atoms with Crippen LogP contribution in [0.1, 0.15) is 16.8 Å². The van der Waals surface area contributed by atoms with Gasteiger partial charge in [0.1, 0.15) is 11.6 Å². The maximum Gasteiger partial charge on any atom is 0.219 e. The monoisotopic (exact) mass is 246 g/mol. The molecule has 1 heterocycles. The fourth-order valence-electron chi connectivity index (χ4n) is 1.64. The van der Waals surface area contributed by atoms with Crippen molar-refractivity contribution in [3.63, 3.8) is 0 Å². The van der Waals surface area contributed by atoms with Crippen LogP contribution in [0, 0.1) is 19.7 Å². The second-order valence-electron chi connectivity index (χ2n) is 4.11. The standard InChI is InChI=1S/C14H15FN2O/c1-9-3-5-12(15)7-13(9)18-14-6-4-11(8-16)10(2)17-14/h3-7H,8,16H2,1-2H3. The van der Waals surface area contributed by atoms with Crippen molar-refractivity contribution in [1.29, 1.82) is 0 Å². The normalized spacial score (nSPS) is 10.4. The number of aromatic nitrogens is 1. The van der Waals surface area contributed by atoms with Crippen LogP contribution in [0.2, 0.25) is 0 Å². The molecule has 0 fully saturated rings. The van der Waals surface area contributed by atoms with E-state index in [1.54, 1.807) is 12.1 Å². The van der Waals surface area contributed by atoms with E-state index in [0.29, 0.717) is 18.2 Å². The molecule has 0 spiro atoms. The van der Waals surface area contributed by atoms with Crippen molar-refractivity contribution in [3.05, 3.63) is 53.0 Å². The van der Waals surface area contributed by atoms with Gasteiger partial charge >= 0.3 is 0 Å². The minimum Gasteiger partial charge on any atom is -0.439 e. The summed E-state index contributed by atoms with van der Waals surface area (Å²) >= 11 is 0. The number of hydrogen-bond acceptors (Lipinski definition) is 3. The molecule has 4 heteroatoms. The lowest BCUT2D eigenvalue weighted by molar-refractivity contribution is 0.453. The lowest BCUT2D eigenvalue weighted by Gasteiger charge is -2.09. The van der Waals surface area contributed by atoms with E-state index >= 15 is 0 Å². The van der Waals surface area contributed by atoms with Crippen LogP contribution in [-0.4, -0.2) is 4.98 Å². The van der Waals surface area contributed by atoms with Gasteiger partial charge in [-0.15, -0.1) is 0 Å². The number of benzene rings is 1. The predicted octanol–water partition coefficient (Wildman–Crippen LogP) is 3.09. The SMILES string of the molecule is Cc1ccc(F)cc1Oc1ccc(CN)c(C)n1. The van der Waals surface area contributed by atoms with Crippen LogP contribution >= 0.6 is 0 Å². The number of nitrogens with two attached hydrogens (primary N) is 1. The lowest BCUT2D eigenvalue weighted by atomic mass is 10.2. The summed E-state index contributed by atoms with van der Waals surface area (Å²) in [6, 6.07) is 8.03. The summed E-state index contributed by atoms with van der Waals surface area (Å²) in [7, 11) is 0. The Hall–Kier alpha value is -1.94. The topological polar surface area (TPSA) is 48.1 Å². The number of hydrogen-bond donors (Lipinski definition) is 1. The summed E-state index contributed by atoms with van der Waals surface area (Å²) in [5.41, 5.74) is 8.22. The van der Waals surface area contributed by atoms with Crippen LogP contribution in [0.4, 0.5) is 4.39 Å². The maximum absolute atomic E-state index is 13.1. The lowest BCUT2D eigenvalue weighted by Crippen LogP contribution is -2.01. The molecule has 94 valence electrons. The van der Waals surface area contributed by atoms with Gasteiger partial charge in [-0.3, -0.25) is 0 Å². The highest BCUT2D eigenvalue weighted by molar-refractivity contribution is 5.36. The van der Waals surface area contributed by atoms with Gasteiger partial charge < -0.3 is 10.5 Å².